The highest BCUT2D eigenvalue weighted by Crippen LogP contribution is 2.23. The monoisotopic (exact) mass is 243 g/mol. The van der Waals surface area contributed by atoms with Crippen molar-refractivity contribution in [3.8, 4) is 0 Å². The summed E-state index contributed by atoms with van der Waals surface area (Å²) >= 11 is 0. The van der Waals surface area contributed by atoms with Gasteiger partial charge in [-0.1, -0.05) is 43.3 Å². The van der Waals surface area contributed by atoms with Crippen LogP contribution < -0.4 is 5.32 Å². The zero-order valence-corrected chi connectivity index (χ0v) is 10.8. The van der Waals surface area contributed by atoms with Gasteiger partial charge in [-0.05, 0) is 42.3 Å². The van der Waals surface area contributed by atoms with Gasteiger partial charge in [-0.15, -0.1) is 0 Å². The molecule has 1 N–H and O–H groups in total. The van der Waals surface area contributed by atoms with Crippen LogP contribution in [0.15, 0.2) is 48.5 Å². The molecule has 1 nitrogen and oxygen atoms in total. The molecular weight excluding hydrogens is 225 g/mol. The van der Waals surface area contributed by atoms with E-state index in [1.54, 1.807) is 12.1 Å². The molecule has 0 aromatic heterocycles. The smallest absolute Gasteiger partial charge is 0.123 e. The summed E-state index contributed by atoms with van der Waals surface area (Å²) in [5.74, 6) is -0.195. The minimum absolute atomic E-state index is 0.0344. The standard InChI is InChI=1S/C16H18FN/c1-3-12-6-4-7-13(10-12)16(18-2)14-8-5-9-15(17)11-14/h4-11,16,18H,3H2,1-2H3. The number of benzene rings is 2. The van der Waals surface area contributed by atoms with Crippen molar-refractivity contribution in [2.24, 2.45) is 0 Å². The number of nitrogens with one attached hydrogen (secondary N) is 1. The predicted octanol–water partition coefficient (Wildman–Crippen LogP) is 3.70. The summed E-state index contributed by atoms with van der Waals surface area (Å²) in [5.41, 5.74) is 3.41. The predicted molar refractivity (Wildman–Crippen MR) is 73.1 cm³/mol. The lowest BCUT2D eigenvalue weighted by Crippen LogP contribution is -2.17. The summed E-state index contributed by atoms with van der Waals surface area (Å²) in [6.45, 7) is 2.13. The first-order valence-corrected chi connectivity index (χ1v) is 6.26. The molecule has 2 heteroatoms. The molecule has 0 amide bonds. The molecule has 1 unspecified atom stereocenters. The maximum Gasteiger partial charge on any atom is 0.123 e. The van der Waals surface area contributed by atoms with Crippen LogP contribution in [0.2, 0.25) is 0 Å². The molecule has 0 aliphatic rings. The average molecular weight is 243 g/mol. The van der Waals surface area contributed by atoms with Crippen molar-refractivity contribution in [3.63, 3.8) is 0 Å². The Hall–Kier alpha value is -1.67. The van der Waals surface area contributed by atoms with E-state index < -0.39 is 0 Å². The fraction of sp³-hybridized carbons (Fsp3) is 0.250. The molecule has 0 saturated heterocycles. The number of hydrogen-bond acceptors (Lipinski definition) is 1. The lowest BCUT2D eigenvalue weighted by molar-refractivity contribution is 0.616. The first-order chi connectivity index (χ1) is 8.74. The van der Waals surface area contributed by atoms with E-state index >= 15 is 0 Å². The van der Waals surface area contributed by atoms with Crippen LogP contribution in [0.4, 0.5) is 4.39 Å². The van der Waals surface area contributed by atoms with E-state index in [0.717, 1.165) is 12.0 Å². The number of aryl methyl sites for hydroxylation is 1. The Morgan fingerprint density at radius 1 is 1.06 bits per heavy atom. The molecule has 0 bridgehead atoms. The molecule has 0 spiro atoms. The van der Waals surface area contributed by atoms with Crippen LogP contribution in [0, 0.1) is 5.82 Å². The number of halogens is 1. The molecule has 0 heterocycles. The van der Waals surface area contributed by atoms with Gasteiger partial charge < -0.3 is 5.32 Å². The minimum atomic E-state index is -0.195. The maximum atomic E-state index is 13.3. The van der Waals surface area contributed by atoms with Gasteiger partial charge in [0.2, 0.25) is 0 Å². The van der Waals surface area contributed by atoms with Crippen molar-refractivity contribution in [1.29, 1.82) is 0 Å². The normalized spacial score (nSPS) is 12.4. The second kappa shape index (κ2) is 5.78. The van der Waals surface area contributed by atoms with Gasteiger partial charge in [0, 0.05) is 0 Å². The van der Waals surface area contributed by atoms with E-state index in [1.807, 2.05) is 13.1 Å². The summed E-state index contributed by atoms with van der Waals surface area (Å²) in [6, 6.07) is 15.2. The third-order valence-corrected chi connectivity index (χ3v) is 3.16. The van der Waals surface area contributed by atoms with E-state index in [4.69, 9.17) is 0 Å². The Balaban J connectivity index is 2.38. The van der Waals surface area contributed by atoms with Crippen LogP contribution in [-0.2, 0) is 6.42 Å². The van der Waals surface area contributed by atoms with Gasteiger partial charge in [-0.2, -0.15) is 0 Å². The van der Waals surface area contributed by atoms with Gasteiger partial charge in [-0.25, -0.2) is 4.39 Å². The lowest BCUT2D eigenvalue weighted by Gasteiger charge is -2.18. The average Bonchev–Trinajstić information content (AvgIpc) is 2.40. The van der Waals surface area contributed by atoms with E-state index in [1.165, 1.54) is 17.2 Å². The second-order valence-corrected chi connectivity index (χ2v) is 4.38. The zero-order valence-electron chi connectivity index (χ0n) is 10.8. The molecular formula is C16H18FN. The highest BCUT2D eigenvalue weighted by molar-refractivity contribution is 5.34. The summed E-state index contributed by atoms with van der Waals surface area (Å²) in [5, 5.41) is 3.25. The van der Waals surface area contributed by atoms with Gasteiger partial charge in [0.15, 0.2) is 0 Å². The second-order valence-electron chi connectivity index (χ2n) is 4.38. The quantitative estimate of drug-likeness (QED) is 0.863. The van der Waals surface area contributed by atoms with Crippen LogP contribution >= 0.6 is 0 Å². The topological polar surface area (TPSA) is 12.0 Å². The molecule has 1 atom stereocenters. The molecule has 0 aliphatic carbocycles. The number of rotatable bonds is 4. The lowest BCUT2D eigenvalue weighted by atomic mass is 9.96. The van der Waals surface area contributed by atoms with E-state index in [-0.39, 0.29) is 11.9 Å². The van der Waals surface area contributed by atoms with Crippen molar-refractivity contribution in [2.75, 3.05) is 7.05 Å². The molecule has 0 radical (unpaired) electrons. The molecule has 0 fully saturated rings. The van der Waals surface area contributed by atoms with Crippen LogP contribution in [-0.4, -0.2) is 7.05 Å². The molecule has 2 aromatic carbocycles. The van der Waals surface area contributed by atoms with Crippen LogP contribution in [0.3, 0.4) is 0 Å². The van der Waals surface area contributed by atoms with E-state index in [0.29, 0.717) is 0 Å². The maximum absolute atomic E-state index is 13.3. The first-order valence-electron chi connectivity index (χ1n) is 6.26. The molecule has 0 aliphatic heterocycles. The fourth-order valence-corrected chi connectivity index (χ4v) is 2.20. The molecule has 0 saturated carbocycles. The van der Waals surface area contributed by atoms with E-state index in [2.05, 4.69) is 36.5 Å². The Labute approximate surface area is 108 Å². The third kappa shape index (κ3) is 2.77. The number of hydrogen-bond donors (Lipinski definition) is 1. The Morgan fingerprint density at radius 2 is 1.72 bits per heavy atom. The van der Waals surface area contributed by atoms with Gasteiger partial charge in [-0.3, -0.25) is 0 Å². The molecule has 18 heavy (non-hydrogen) atoms. The molecule has 2 rings (SSSR count). The van der Waals surface area contributed by atoms with Crippen LogP contribution in [0.5, 0.6) is 0 Å². The third-order valence-electron chi connectivity index (χ3n) is 3.16. The summed E-state index contributed by atoms with van der Waals surface area (Å²) in [6.07, 6.45) is 1.01. The fourth-order valence-electron chi connectivity index (χ4n) is 2.20. The van der Waals surface area contributed by atoms with Gasteiger partial charge >= 0.3 is 0 Å². The Bertz CT molecular complexity index is 522. The van der Waals surface area contributed by atoms with Crippen molar-refractivity contribution < 1.29 is 4.39 Å². The highest BCUT2D eigenvalue weighted by atomic mass is 19.1. The summed E-state index contributed by atoms with van der Waals surface area (Å²) in [7, 11) is 1.90. The highest BCUT2D eigenvalue weighted by Gasteiger charge is 2.12. The summed E-state index contributed by atoms with van der Waals surface area (Å²) < 4.78 is 13.3. The first kappa shape index (κ1) is 12.8. The van der Waals surface area contributed by atoms with Gasteiger partial charge in [0.1, 0.15) is 5.82 Å². The van der Waals surface area contributed by atoms with Crippen LogP contribution in [0.25, 0.3) is 0 Å². The van der Waals surface area contributed by atoms with Crippen molar-refractivity contribution in [1.82, 2.24) is 5.32 Å². The van der Waals surface area contributed by atoms with Crippen LogP contribution in [0.1, 0.15) is 29.7 Å². The Morgan fingerprint density at radius 3 is 2.33 bits per heavy atom. The van der Waals surface area contributed by atoms with Crippen molar-refractivity contribution in [3.05, 3.63) is 71.0 Å². The van der Waals surface area contributed by atoms with E-state index in [9.17, 15) is 4.39 Å². The molecule has 94 valence electrons. The zero-order chi connectivity index (χ0) is 13.0. The Kier molecular flexibility index (Phi) is 4.11. The SMILES string of the molecule is CCc1cccc(C(NC)c2cccc(F)c2)c1. The van der Waals surface area contributed by atoms with Crippen molar-refractivity contribution in [2.45, 2.75) is 19.4 Å². The van der Waals surface area contributed by atoms with Gasteiger partial charge in [0.25, 0.3) is 0 Å². The largest absolute Gasteiger partial charge is 0.309 e. The van der Waals surface area contributed by atoms with Crippen molar-refractivity contribution >= 4 is 0 Å². The minimum Gasteiger partial charge on any atom is -0.309 e. The summed E-state index contributed by atoms with van der Waals surface area (Å²) in [4.78, 5) is 0. The molecule has 2 aromatic rings. The van der Waals surface area contributed by atoms with Gasteiger partial charge in [0.05, 0.1) is 6.04 Å².